The normalized spacial score (nSPS) is 13.5. The van der Waals surface area contributed by atoms with E-state index in [2.05, 4.69) is 15.6 Å². The summed E-state index contributed by atoms with van der Waals surface area (Å²) in [6.45, 7) is 6.26. The van der Waals surface area contributed by atoms with Crippen molar-refractivity contribution in [2.24, 2.45) is 5.92 Å². The van der Waals surface area contributed by atoms with Gasteiger partial charge in [0.1, 0.15) is 0 Å². The third-order valence-electron chi connectivity index (χ3n) is 3.87. The van der Waals surface area contributed by atoms with Crippen LogP contribution in [0, 0.1) is 5.92 Å². The first-order chi connectivity index (χ1) is 11.9. The molecule has 0 spiro atoms. The third-order valence-corrected chi connectivity index (χ3v) is 4.11. The van der Waals surface area contributed by atoms with Gasteiger partial charge in [0, 0.05) is 11.6 Å². The molecule has 2 aromatic rings. The maximum atomic E-state index is 12.5. The Morgan fingerprint density at radius 1 is 1.40 bits per heavy atom. The molecule has 2 rings (SSSR count). The molecule has 0 radical (unpaired) electrons. The molecule has 0 fully saturated rings. The number of aromatic nitrogens is 3. The SMILES string of the molecule is CCCc1c(C(=O)NC[C@H](C)C[C@@H](C)O)nnn1-c1cccc(Cl)c1. The van der Waals surface area contributed by atoms with E-state index in [-0.39, 0.29) is 17.9 Å². The predicted octanol–water partition coefficient (Wildman–Crippen LogP) is 3.01. The maximum absolute atomic E-state index is 12.5. The first-order valence-electron chi connectivity index (χ1n) is 8.59. The molecule has 0 aliphatic rings. The van der Waals surface area contributed by atoms with Crippen LogP contribution in [0.1, 0.15) is 49.8 Å². The van der Waals surface area contributed by atoms with E-state index in [1.165, 1.54) is 0 Å². The monoisotopic (exact) mass is 364 g/mol. The zero-order chi connectivity index (χ0) is 18.4. The predicted molar refractivity (Wildman–Crippen MR) is 98.2 cm³/mol. The van der Waals surface area contributed by atoms with Crippen LogP contribution in [0.25, 0.3) is 5.69 Å². The first kappa shape index (κ1) is 19.4. The summed E-state index contributed by atoms with van der Waals surface area (Å²) in [5, 5.41) is 21.2. The van der Waals surface area contributed by atoms with Gasteiger partial charge in [0.15, 0.2) is 5.69 Å². The highest BCUT2D eigenvalue weighted by atomic mass is 35.5. The molecule has 136 valence electrons. The number of aliphatic hydroxyl groups excluding tert-OH is 1. The molecule has 1 aromatic heterocycles. The highest BCUT2D eigenvalue weighted by Gasteiger charge is 2.20. The summed E-state index contributed by atoms with van der Waals surface area (Å²) < 4.78 is 1.67. The van der Waals surface area contributed by atoms with Crippen molar-refractivity contribution >= 4 is 17.5 Å². The average Bonchev–Trinajstić information content (AvgIpc) is 2.96. The van der Waals surface area contributed by atoms with Crippen LogP contribution in [0.3, 0.4) is 0 Å². The summed E-state index contributed by atoms with van der Waals surface area (Å²) in [6.07, 6.45) is 1.81. The zero-order valence-electron chi connectivity index (χ0n) is 14.9. The molecule has 7 heteroatoms. The number of rotatable bonds is 8. The van der Waals surface area contributed by atoms with Crippen LogP contribution in [0.2, 0.25) is 5.02 Å². The lowest BCUT2D eigenvalue weighted by molar-refractivity contribution is 0.0933. The van der Waals surface area contributed by atoms with Gasteiger partial charge in [-0.2, -0.15) is 0 Å². The minimum absolute atomic E-state index is 0.182. The van der Waals surface area contributed by atoms with Crippen molar-refractivity contribution in [3.63, 3.8) is 0 Å². The van der Waals surface area contributed by atoms with E-state index in [0.29, 0.717) is 30.1 Å². The number of aliphatic hydroxyl groups is 1. The Kier molecular flexibility index (Phi) is 6.96. The van der Waals surface area contributed by atoms with Crippen LogP contribution in [0.4, 0.5) is 0 Å². The molecule has 0 bridgehead atoms. The Labute approximate surface area is 153 Å². The number of hydrogen-bond acceptors (Lipinski definition) is 4. The zero-order valence-corrected chi connectivity index (χ0v) is 15.6. The molecular weight excluding hydrogens is 340 g/mol. The molecule has 25 heavy (non-hydrogen) atoms. The Morgan fingerprint density at radius 2 is 2.16 bits per heavy atom. The number of carbonyl (C=O) groups is 1. The van der Waals surface area contributed by atoms with E-state index in [0.717, 1.165) is 17.8 Å². The van der Waals surface area contributed by atoms with E-state index in [9.17, 15) is 9.90 Å². The van der Waals surface area contributed by atoms with Crippen LogP contribution in [0.15, 0.2) is 24.3 Å². The number of nitrogens with one attached hydrogen (secondary N) is 1. The van der Waals surface area contributed by atoms with Crippen molar-refractivity contribution in [3.05, 3.63) is 40.7 Å². The third kappa shape index (κ3) is 5.28. The van der Waals surface area contributed by atoms with Crippen molar-refractivity contribution in [1.82, 2.24) is 20.3 Å². The lowest BCUT2D eigenvalue weighted by Gasteiger charge is -2.14. The first-order valence-corrected chi connectivity index (χ1v) is 8.97. The van der Waals surface area contributed by atoms with E-state index >= 15 is 0 Å². The molecule has 0 saturated heterocycles. The largest absolute Gasteiger partial charge is 0.393 e. The van der Waals surface area contributed by atoms with Crippen molar-refractivity contribution in [2.75, 3.05) is 6.54 Å². The second-order valence-electron chi connectivity index (χ2n) is 6.43. The number of benzene rings is 1. The van der Waals surface area contributed by atoms with Gasteiger partial charge in [-0.3, -0.25) is 4.79 Å². The lowest BCUT2D eigenvalue weighted by atomic mass is 10.0. The Balaban J connectivity index is 2.19. The highest BCUT2D eigenvalue weighted by molar-refractivity contribution is 6.30. The summed E-state index contributed by atoms with van der Waals surface area (Å²) in [4.78, 5) is 12.5. The highest BCUT2D eigenvalue weighted by Crippen LogP contribution is 2.18. The summed E-state index contributed by atoms with van der Waals surface area (Å²) >= 11 is 6.06. The van der Waals surface area contributed by atoms with Gasteiger partial charge >= 0.3 is 0 Å². The Morgan fingerprint density at radius 3 is 2.80 bits per heavy atom. The molecule has 1 heterocycles. The number of hydrogen-bond donors (Lipinski definition) is 2. The molecule has 0 aliphatic carbocycles. The van der Waals surface area contributed by atoms with E-state index in [1.807, 2.05) is 26.0 Å². The number of carbonyl (C=O) groups excluding carboxylic acids is 1. The molecule has 0 unspecified atom stereocenters. The van der Waals surface area contributed by atoms with Crippen molar-refractivity contribution < 1.29 is 9.90 Å². The maximum Gasteiger partial charge on any atom is 0.273 e. The van der Waals surface area contributed by atoms with Crippen LogP contribution >= 0.6 is 11.6 Å². The van der Waals surface area contributed by atoms with Gasteiger partial charge in [0.05, 0.1) is 17.5 Å². The number of amides is 1. The molecule has 1 amide bonds. The van der Waals surface area contributed by atoms with E-state index in [4.69, 9.17) is 11.6 Å². The molecular formula is C18H25ClN4O2. The van der Waals surface area contributed by atoms with Gasteiger partial charge in [-0.1, -0.05) is 43.1 Å². The molecule has 0 aliphatic heterocycles. The number of halogens is 1. The van der Waals surface area contributed by atoms with Gasteiger partial charge < -0.3 is 10.4 Å². The molecule has 1 aromatic carbocycles. The van der Waals surface area contributed by atoms with Gasteiger partial charge in [-0.15, -0.1) is 5.10 Å². The van der Waals surface area contributed by atoms with E-state index < -0.39 is 0 Å². The minimum atomic E-state index is -0.383. The van der Waals surface area contributed by atoms with Gasteiger partial charge in [-0.25, -0.2) is 4.68 Å². The average molecular weight is 365 g/mol. The van der Waals surface area contributed by atoms with Gasteiger partial charge in [0.25, 0.3) is 5.91 Å². The fourth-order valence-corrected chi connectivity index (χ4v) is 2.96. The summed E-state index contributed by atoms with van der Waals surface area (Å²) in [7, 11) is 0. The summed E-state index contributed by atoms with van der Waals surface area (Å²) in [5.74, 6) is -0.0595. The van der Waals surface area contributed by atoms with Crippen LogP contribution < -0.4 is 5.32 Å². The summed E-state index contributed by atoms with van der Waals surface area (Å²) in [6, 6.07) is 7.30. The van der Waals surface area contributed by atoms with Gasteiger partial charge in [0.2, 0.25) is 0 Å². The van der Waals surface area contributed by atoms with Crippen molar-refractivity contribution in [1.29, 1.82) is 0 Å². The van der Waals surface area contributed by atoms with Crippen LogP contribution in [-0.4, -0.2) is 38.7 Å². The van der Waals surface area contributed by atoms with E-state index in [1.54, 1.807) is 23.7 Å². The fraction of sp³-hybridized carbons (Fsp3) is 0.500. The van der Waals surface area contributed by atoms with Gasteiger partial charge in [-0.05, 0) is 43.9 Å². The lowest BCUT2D eigenvalue weighted by Crippen LogP contribution is -2.30. The molecule has 2 atom stereocenters. The van der Waals surface area contributed by atoms with Crippen molar-refractivity contribution in [3.8, 4) is 5.69 Å². The standard InChI is InChI=1S/C18H25ClN4O2/c1-4-6-16-17(18(25)20-11-12(2)9-13(3)24)21-22-23(16)15-8-5-7-14(19)10-15/h5,7-8,10,12-13,24H,4,6,9,11H2,1-3H3,(H,20,25)/t12-,13-/m1/s1. The van der Waals surface area contributed by atoms with Crippen LogP contribution in [-0.2, 0) is 6.42 Å². The molecule has 6 nitrogen and oxygen atoms in total. The minimum Gasteiger partial charge on any atom is -0.393 e. The number of nitrogens with zero attached hydrogens (tertiary/aromatic N) is 3. The summed E-state index contributed by atoms with van der Waals surface area (Å²) in [5.41, 5.74) is 1.89. The fourth-order valence-electron chi connectivity index (χ4n) is 2.77. The topological polar surface area (TPSA) is 80.0 Å². The second-order valence-corrected chi connectivity index (χ2v) is 6.86. The smallest absolute Gasteiger partial charge is 0.273 e. The molecule has 0 saturated carbocycles. The van der Waals surface area contributed by atoms with Crippen molar-refractivity contribution in [2.45, 2.75) is 46.1 Å². The Hall–Kier alpha value is -1.92. The quantitative estimate of drug-likeness (QED) is 0.754. The Bertz CT molecular complexity index is 715. The molecule has 2 N–H and O–H groups in total. The second kappa shape index (κ2) is 8.97. The van der Waals surface area contributed by atoms with Crippen LogP contribution in [0.5, 0.6) is 0 Å².